The molecule has 2 aromatic rings. The van der Waals surface area contributed by atoms with E-state index in [9.17, 15) is 13.5 Å². The zero-order chi connectivity index (χ0) is 18.9. The van der Waals surface area contributed by atoms with Gasteiger partial charge >= 0.3 is 0 Å². The maximum absolute atomic E-state index is 11.7. The van der Waals surface area contributed by atoms with E-state index in [2.05, 4.69) is 4.99 Å². The van der Waals surface area contributed by atoms with Crippen molar-refractivity contribution in [2.24, 2.45) is 10.1 Å². The van der Waals surface area contributed by atoms with E-state index in [4.69, 9.17) is 16.7 Å². The second kappa shape index (κ2) is 7.21. The minimum Gasteiger partial charge on any atom is -0.366 e. The highest BCUT2D eigenvalue weighted by atomic mass is 35.5. The average molecular weight is 412 g/mol. The summed E-state index contributed by atoms with van der Waals surface area (Å²) < 4.78 is 23.4. The second-order valence-electron chi connectivity index (χ2n) is 5.94. The third-order valence-electron chi connectivity index (χ3n) is 4.18. The zero-order valence-electron chi connectivity index (χ0n) is 14.0. The third-order valence-corrected chi connectivity index (χ3v) is 6.78. The molecule has 1 aliphatic rings. The summed E-state index contributed by atoms with van der Waals surface area (Å²) >= 11 is 7.33. The molecule has 138 valence electrons. The van der Waals surface area contributed by atoms with Crippen LogP contribution < -0.4 is 5.14 Å². The number of halogens is 1. The number of amidine groups is 1. The largest absolute Gasteiger partial charge is 0.366 e. The van der Waals surface area contributed by atoms with Gasteiger partial charge in [-0.3, -0.25) is 4.99 Å². The van der Waals surface area contributed by atoms with Gasteiger partial charge in [-0.15, -0.1) is 0 Å². The molecule has 1 heterocycles. The first-order chi connectivity index (χ1) is 12.2. The van der Waals surface area contributed by atoms with Gasteiger partial charge in [0.1, 0.15) is 4.90 Å². The molecule has 3 N–H and O–H groups in total. The molecule has 0 aliphatic carbocycles. The predicted octanol–water partition coefficient (Wildman–Crippen LogP) is 2.37. The number of aliphatic imine (C=N–C) groups is 1. The van der Waals surface area contributed by atoms with Gasteiger partial charge in [-0.05, 0) is 17.7 Å². The summed E-state index contributed by atoms with van der Waals surface area (Å²) in [5.74, 6) is 0.308. The Morgan fingerprint density at radius 3 is 2.65 bits per heavy atom. The van der Waals surface area contributed by atoms with Crippen LogP contribution >= 0.6 is 23.4 Å². The lowest BCUT2D eigenvalue weighted by Gasteiger charge is -2.31. The molecule has 0 radical (unpaired) electrons. The minimum absolute atomic E-state index is 0.0196. The third kappa shape index (κ3) is 3.74. The number of aliphatic hydroxyl groups is 1. The van der Waals surface area contributed by atoms with Crippen molar-refractivity contribution in [3.63, 3.8) is 0 Å². The molecular weight excluding hydrogens is 394 g/mol. The lowest BCUT2D eigenvalue weighted by atomic mass is 10.0. The van der Waals surface area contributed by atoms with Gasteiger partial charge in [-0.1, -0.05) is 59.8 Å². The predicted molar refractivity (Wildman–Crippen MR) is 105 cm³/mol. The molecule has 0 saturated carbocycles. The monoisotopic (exact) mass is 411 g/mol. The van der Waals surface area contributed by atoms with Gasteiger partial charge in [-0.2, -0.15) is 0 Å². The highest BCUT2D eigenvalue weighted by molar-refractivity contribution is 8.14. The number of rotatable bonds is 4. The van der Waals surface area contributed by atoms with Crippen LogP contribution in [0.15, 0.2) is 58.4 Å². The van der Waals surface area contributed by atoms with Crippen molar-refractivity contribution in [2.75, 3.05) is 12.8 Å². The molecule has 1 saturated heterocycles. The van der Waals surface area contributed by atoms with E-state index in [1.807, 2.05) is 30.3 Å². The molecule has 0 spiro atoms. The Kier molecular flexibility index (Phi) is 5.32. The van der Waals surface area contributed by atoms with Crippen LogP contribution in [0.1, 0.15) is 11.1 Å². The molecule has 1 atom stereocenters. The van der Waals surface area contributed by atoms with E-state index in [1.54, 1.807) is 18.0 Å². The van der Waals surface area contributed by atoms with Crippen LogP contribution in [0.4, 0.5) is 0 Å². The molecule has 0 aromatic heterocycles. The molecule has 0 bridgehead atoms. The topological polar surface area (TPSA) is 96.0 Å². The number of primary sulfonamides is 1. The summed E-state index contributed by atoms with van der Waals surface area (Å²) in [4.78, 5) is 5.99. The van der Waals surface area contributed by atoms with Crippen LogP contribution in [0.25, 0.3) is 0 Å². The number of nitrogens with zero attached hydrogens (tertiary/aromatic N) is 2. The van der Waals surface area contributed by atoms with Crippen molar-refractivity contribution in [3.8, 4) is 0 Å². The van der Waals surface area contributed by atoms with Crippen LogP contribution in [0.3, 0.4) is 0 Å². The first-order valence-corrected chi connectivity index (χ1v) is 10.6. The van der Waals surface area contributed by atoms with Crippen LogP contribution in [0.2, 0.25) is 5.02 Å². The van der Waals surface area contributed by atoms with Gasteiger partial charge in [0.25, 0.3) is 0 Å². The fourth-order valence-electron chi connectivity index (χ4n) is 2.66. The van der Waals surface area contributed by atoms with Gasteiger partial charge in [0.05, 0.1) is 17.3 Å². The summed E-state index contributed by atoms with van der Waals surface area (Å²) in [6.45, 7) is 0.493. The van der Waals surface area contributed by atoms with Crippen LogP contribution in [-0.2, 0) is 22.3 Å². The summed E-state index contributed by atoms with van der Waals surface area (Å²) in [6, 6.07) is 14.1. The normalized spacial score (nSPS) is 22.2. The Bertz CT molecular complexity index is 951. The molecule has 26 heavy (non-hydrogen) atoms. The molecule has 9 heteroatoms. The summed E-state index contributed by atoms with van der Waals surface area (Å²) in [7, 11) is -2.27. The van der Waals surface area contributed by atoms with E-state index in [0.717, 1.165) is 5.56 Å². The molecular formula is C17H18ClN3O3S2. The quantitative estimate of drug-likeness (QED) is 0.805. The van der Waals surface area contributed by atoms with Gasteiger partial charge in [0.2, 0.25) is 10.0 Å². The SMILES string of the molecule is CN1/C(=N\Cc2ccccc2)SCC1(O)c1ccc(Cl)c(S(N)(=O)=O)c1. The number of benzene rings is 2. The average Bonchev–Trinajstić information content (AvgIpc) is 2.89. The number of sulfonamides is 1. The molecule has 1 fully saturated rings. The maximum Gasteiger partial charge on any atom is 0.239 e. The Labute approximate surface area is 161 Å². The van der Waals surface area contributed by atoms with Crippen molar-refractivity contribution in [1.29, 1.82) is 0 Å². The van der Waals surface area contributed by atoms with Gasteiger partial charge in [-0.25, -0.2) is 13.6 Å². The lowest BCUT2D eigenvalue weighted by Crippen LogP contribution is -2.42. The van der Waals surface area contributed by atoms with E-state index in [0.29, 0.717) is 23.0 Å². The lowest BCUT2D eigenvalue weighted by molar-refractivity contribution is -0.0350. The second-order valence-corrected chi connectivity index (χ2v) is 8.82. The van der Waals surface area contributed by atoms with Crippen LogP contribution in [0, 0.1) is 0 Å². The standard InChI is InChI=1S/C17H18ClN3O3S2/c1-21-16(20-10-12-5-3-2-4-6-12)25-11-17(21,22)13-7-8-14(18)15(9-13)26(19,23)24/h2-9,22H,10-11H2,1H3,(H2,19,23,24)/b20-16+. The zero-order valence-corrected chi connectivity index (χ0v) is 16.4. The Balaban J connectivity index is 1.89. The number of thioether (sulfide) groups is 1. The number of hydrogen-bond acceptors (Lipinski definition) is 5. The van der Waals surface area contributed by atoms with Crippen molar-refractivity contribution in [3.05, 3.63) is 64.7 Å². The molecule has 1 unspecified atom stereocenters. The Hall–Kier alpha value is -1.58. The van der Waals surface area contributed by atoms with Crippen molar-refractivity contribution < 1.29 is 13.5 Å². The first-order valence-electron chi connectivity index (χ1n) is 7.72. The van der Waals surface area contributed by atoms with Crippen LogP contribution in [0.5, 0.6) is 0 Å². The molecule has 0 amide bonds. The number of nitrogens with two attached hydrogens (primary N) is 1. The summed E-state index contributed by atoms with van der Waals surface area (Å²) in [5.41, 5.74) is 0.0581. The highest BCUT2D eigenvalue weighted by Crippen LogP contribution is 2.39. The molecule has 2 aromatic carbocycles. The first kappa shape index (κ1) is 19.2. The van der Waals surface area contributed by atoms with Gasteiger partial charge < -0.3 is 10.0 Å². The van der Waals surface area contributed by atoms with Gasteiger partial charge in [0.15, 0.2) is 10.9 Å². The Morgan fingerprint density at radius 2 is 2.00 bits per heavy atom. The molecule has 6 nitrogen and oxygen atoms in total. The van der Waals surface area contributed by atoms with Crippen molar-refractivity contribution in [2.45, 2.75) is 17.2 Å². The van der Waals surface area contributed by atoms with E-state index >= 15 is 0 Å². The summed E-state index contributed by atoms with van der Waals surface area (Å²) in [5, 5.41) is 17.0. The van der Waals surface area contributed by atoms with Crippen LogP contribution in [-0.4, -0.2) is 36.4 Å². The summed E-state index contributed by atoms with van der Waals surface area (Å²) in [6.07, 6.45) is 0. The fraction of sp³-hybridized carbons (Fsp3) is 0.235. The Morgan fingerprint density at radius 1 is 1.31 bits per heavy atom. The number of hydrogen-bond donors (Lipinski definition) is 2. The van der Waals surface area contributed by atoms with Gasteiger partial charge in [0, 0.05) is 12.6 Å². The van der Waals surface area contributed by atoms with E-state index < -0.39 is 15.7 Å². The minimum atomic E-state index is -3.99. The highest BCUT2D eigenvalue weighted by Gasteiger charge is 2.43. The maximum atomic E-state index is 11.7. The smallest absolute Gasteiger partial charge is 0.239 e. The molecule has 1 aliphatic heterocycles. The molecule has 3 rings (SSSR count). The van der Waals surface area contributed by atoms with E-state index in [-0.39, 0.29) is 9.92 Å². The van der Waals surface area contributed by atoms with E-state index in [1.165, 1.54) is 23.9 Å². The fourth-order valence-corrected chi connectivity index (χ4v) is 4.92. The van der Waals surface area contributed by atoms with Crippen molar-refractivity contribution >= 4 is 38.6 Å². The van der Waals surface area contributed by atoms with Crippen molar-refractivity contribution in [1.82, 2.24) is 4.90 Å².